The van der Waals surface area contributed by atoms with Crippen molar-refractivity contribution in [2.45, 2.75) is 24.5 Å². The summed E-state index contributed by atoms with van der Waals surface area (Å²) >= 11 is 0.937. The van der Waals surface area contributed by atoms with Crippen LogP contribution in [0, 0.1) is 5.82 Å². The average molecular weight is 322 g/mol. The number of hydrogen-bond donors (Lipinski definition) is 1. The zero-order valence-corrected chi connectivity index (χ0v) is 12.6. The first-order valence-corrected chi connectivity index (χ1v) is 7.97. The molecule has 1 aromatic carbocycles. The molecule has 0 aromatic heterocycles. The van der Waals surface area contributed by atoms with Gasteiger partial charge in [0.2, 0.25) is 5.91 Å². The molecule has 0 bridgehead atoms. The van der Waals surface area contributed by atoms with E-state index in [1.807, 2.05) is 4.90 Å². The van der Waals surface area contributed by atoms with Crippen molar-refractivity contribution in [3.8, 4) is 0 Å². The second kappa shape index (κ2) is 6.08. The van der Waals surface area contributed by atoms with E-state index in [4.69, 9.17) is 0 Å². The number of amides is 2. The Balaban J connectivity index is 1.71. The molecule has 2 aliphatic rings. The largest absolute Gasteiger partial charge is 0.368 e. The second-order valence-electron chi connectivity index (χ2n) is 5.40. The Hall–Kier alpha value is -1.89. The molecular formula is C15H15FN2O3S. The van der Waals surface area contributed by atoms with Crippen LogP contribution in [-0.4, -0.2) is 35.3 Å². The van der Waals surface area contributed by atoms with E-state index in [9.17, 15) is 18.8 Å². The van der Waals surface area contributed by atoms with Crippen LogP contribution in [0.5, 0.6) is 0 Å². The number of Topliss-reactive ketones (excluding diaryl/α,β-unsaturated/α-hetero) is 1. The number of ketones is 1. The number of halogens is 1. The van der Waals surface area contributed by atoms with E-state index in [0.717, 1.165) is 11.8 Å². The van der Waals surface area contributed by atoms with Crippen LogP contribution in [0.1, 0.15) is 18.4 Å². The van der Waals surface area contributed by atoms with Crippen LogP contribution in [0.2, 0.25) is 0 Å². The number of imide groups is 1. The lowest BCUT2D eigenvalue weighted by atomic mass is 10.1. The van der Waals surface area contributed by atoms with Crippen LogP contribution in [-0.2, 0) is 16.0 Å². The molecule has 1 aromatic rings. The number of thioether (sulfide) groups is 1. The highest BCUT2D eigenvalue weighted by Gasteiger charge is 2.31. The van der Waals surface area contributed by atoms with Crippen molar-refractivity contribution in [1.29, 1.82) is 0 Å². The Labute approximate surface area is 131 Å². The minimum absolute atomic E-state index is 0.210. The van der Waals surface area contributed by atoms with Crippen LogP contribution in [0.4, 0.5) is 14.9 Å². The van der Waals surface area contributed by atoms with Crippen molar-refractivity contribution in [2.24, 2.45) is 0 Å². The van der Waals surface area contributed by atoms with E-state index in [-0.39, 0.29) is 22.7 Å². The number of anilines is 1. The van der Waals surface area contributed by atoms with Gasteiger partial charge in [-0.3, -0.25) is 19.7 Å². The molecule has 3 rings (SSSR count). The summed E-state index contributed by atoms with van der Waals surface area (Å²) in [5.41, 5.74) is 1.16. The van der Waals surface area contributed by atoms with Crippen LogP contribution in [0.25, 0.3) is 0 Å². The van der Waals surface area contributed by atoms with Gasteiger partial charge in [0.1, 0.15) is 11.6 Å². The molecule has 1 unspecified atom stereocenters. The molecule has 2 heterocycles. The Morgan fingerprint density at radius 1 is 1.23 bits per heavy atom. The minimum atomic E-state index is -0.495. The molecule has 2 fully saturated rings. The van der Waals surface area contributed by atoms with Gasteiger partial charge in [-0.25, -0.2) is 4.39 Å². The minimum Gasteiger partial charge on any atom is -0.368 e. The number of hydrogen-bond acceptors (Lipinski definition) is 5. The van der Waals surface area contributed by atoms with Gasteiger partial charge in [-0.2, -0.15) is 0 Å². The second-order valence-corrected chi connectivity index (χ2v) is 6.57. The molecule has 0 spiro atoms. The zero-order valence-electron chi connectivity index (χ0n) is 11.8. The lowest BCUT2D eigenvalue weighted by molar-refractivity contribution is -0.120. The fourth-order valence-electron chi connectivity index (χ4n) is 2.67. The third-order valence-corrected chi connectivity index (χ3v) is 4.84. The SMILES string of the molecule is O=C1CCN(c2ccc(CC3SC(=O)NC3=O)cc2F)CC1. The molecule has 2 aliphatic heterocycles. The fourth-order valence-corrected chi connectivity index (χ4v) is 3.53. The van der Waals surface area contributed by atoms with Crippen LogP contribution in [0.3, 0.4) is 0 Å². The molecule has 2 amide bonds. The summed E-state index contributed by atoms with van der Waals surface area (Å²) in [6.45, 7) is 1.06. The summed E-state index contributed by atoms with van der Waals surface area (Å²) in [5.74, 6) is -0.474. The van der Waals surface area contributed by atoms with Gasteiger partial charge in [0.25, 0.3) is 5.24 Å². The van der Waals surface area contributed by atoms with E-state index in [1.54, 1.807) is 12.1 Å². The predicted octanol–water partition coefficient (Wildman–Crippen LogP) is 1.89. The van der Waals surface area contributed by atoms with E-state index in [0.29, 0.717) is 43.6 Å². The van der Waals surface area contributed by atoms with Crippen molar-refractivity contribution in [1.82, 2.24) is 5.32 Å². The summed E-state index contributed by atoms with van der Waals surface area (Å²) in [7, 11) is 0. The van der Waals surface area contributed by atoms with Crippen LogP contribution in [0.15, 0.2) is 18.2 Å². The fraction of sp³-hybridized carbons (Fsp3) is 0.400. The topological polar surface area (TPSA) is 66.5 Å². The lowest BCUT2D eigenvalue weighted by Gasteiger charge is -2.28. The van der Waals surface area contributed by atoms with Gasteiger partial charge in [0.05, 0.1) is 10.9 Å². The van der Waals surface area contributed by atoms with Gasteiger partial charge >= 0.3 is 0 Å². The Kier molecular flexibility index (Phi) is 4.15. The molecule has 1 N–H and O–H groups in total. The van der Waals surface area contributed by atoms with Gasteiger partial charge in [-0.05, 0) is 24.1 Å². The van der Waals surface area contributed by atoms with Gasteiger partial charge < -0.3 is 4.90 Å². The predicted molar refractivity (Wildman–Crippen MR) is 81.5 cm³/mol. The first-order valence-electron chi connectivity index (χ1n) is 7.09. The highest BCUT2D eigenvalue weighted by atomic mass is 32.2. The third-order valence-electron chi connectivity index (χ3n) is 3.86. The molecule has 2 saturated heterocycles. The van der Waals surface area contributed by atoms with E-state index >= 15 is 0 Å². The average Bonchev–Trinajstić information content (AvgIpc) is 2.78. The lowest BCUT2D eigenvalue weighted by Crippen LogP contribution is -2.34. The Morgan fingerprint density at radius 3 is 2.55 bits per heavy atom. The zero-order chi connectivity index (χ0) is 15.7. The summed E-state index contributed by atoms with van der Waals surface area (Å²) < 4.78 is 14.3. The molecule has 5 nitrogen and oxygen atoms in total. The number of nitrogens with zero attached hydrogens (tertiary/aromatic N) is 1. The number of benzene rings is 1. The van der Waals surface area contributed by atoms with Crippen molar-refractivity contribution in [3.05, 3.63) is 29.6 Å². The van der Waals surface area contributed by atoms with Crippen LogP contribution >= 0.6 is 11.8 Å². The Bertz CT molecular complexity index is 640. The maximum Gasteiger partial charge on any atom is 0.286 e. The summed E-state index contributed by atoms with van der Waals surface area (Å²) in [6.07, 6.45) is 1.21. The van der Waals surface area contributed by atoms with E-state index < -0.39 is 5.25 Å². The van der Waals surface area contributed by atoms with Crippen molar-refractivity contribution < 1.29 is 18.8 Å². The van der Waals surface area contributed by atoms with Gasteiger partial charge in [0.15, 0.2) is 0 Å². The molecule has 0 radical (unpaired) electrons. The van der Waals surface area contributed by atoms with Crippen molar-refractivity contribution >= 4 is 34.4 Å². The standard InChI is InChI=1S/C15H15FN2O3S/c16-11-7-9(8-13-14(20)17-15(21)22-13)1-2-12(11)18-5-3-10(19)4-6-18/h1-2,7,13H,3-6,8H2,(H,17,20,21). The number of nitrogens with one attached hydrogen (secondary N) is 1. The quantitative estimate of drug-likeness (QED) is 0.920. The highest BCUT2D eigenvalue weighted by Crippen LogP contribution is 2.27. The number of carbonyl (C=O) groups is 3. The molecule has 22 heavy (non-hydrogen) atoms. The number of piperidine rings is 1. The first-order chi connectivity index (χ1) is 10.5. The smallest absolute Gasteiger partial charge is 0.286 e. The summed E-state index contributed by atoms with van der Waals surface area (Å²) in [5, 5.41) is 1.37. The van der Waals surface area contributed by atoms with Crippen molar-refractivity contribution in [3.63, 3.8) is 0 Å². The van der Waals surface area contributed by atoms with Crippen molar-refractivity contribution in [2.75, 3.05) is 18.0 Å². The molecule has 0 saturated carbocycles. The molecule has 0 aliphatic carbocycles. The molecular weight excluding hydrogens is 307 g/mol. The van der Waals surface area contributed by atoms with Gasteiger partial charge in [-0.1, -0.05) is 17.8 Å². The summed E-state index contributed by atoms with van der Waals surface area (Å²) in [4.78, 5) is 35.8. The van der Waals surface area contributed by atoms with Crippen LogP contribution < -0.4 is 10.2 Å². The Morgan fingerprint density at radius 2 is 1.95 bits per heavy atom. The van der Waals surface area contributed by atoms with Gasteiger partial charge in [-0.15, -0.1) is 0 Å². The molecule has 1 atom stereocenters. The number of carbonyl (C=O) groups excluding carboxylic acids is 3. The third kappa shape index (κ3) is 3.14. The maximum absolute atomic E-state index is 14.3. The first kappa shape index (κ1) is 15.0. The maximum atomic E-state index is 14.3. The summed E-state index contributed by atoms with van der Waals surface area (Å²) in [6, 6.07) is 4.85. The number of rotatable bonds is 3. The van der Waals surface area contributed by atoms with E-state index in [2.05, 4.69) is 5.32 Å². The normalized spacial score (nSPS) is 22.1. The molecule has 116 valence electrons. The molecule has 7 heteroatoms. The van der Waals surface area contributed by atoms with E-state index in [1.165, 1.54) is 6.07 Å². The monoisotopic (exact) mass is 322 g/mol. The van der Waals surface area contributed by atoms with Gasteiger partial charge in [0, 0.05) is 25.9 Å². The highest BCUT2D eigenvalue weighted by molar-refractivity contribution is 8.15.